The molecule has 5 rings (SSSR count). The van der Waals surface area contributed by atoms with Gasteiger partial charge in [-0.15, -0.1) is 0 Å². The number of hydrogen-bond acceptors (Lipinski definition) is 7. The normalized spacial score (nSPS) is 23.5. The van der Waals surface area contributed by atoms with Gasteiger partial charge in [-0.2, -0.15) is 0 Å². The molecule has 3 atom stereocenters. The number of carbonyl (C=O) groups is 1. The highest BCUT2D eigenvalue weighted by Crippen LogP contribution is 2.55. The van der Waals surface area contributed by atoms with Crippen LogP contribution >= 0.6 is 0 Å². The van der Waals surface area contributed by atoms with Gasteiger partial charge in [-0.1, -0.05) is 18.2 Å². The molecule has 186 valence electrons. The number of nitrogens with one attached hydrogen (secondary N) is 1. The van der Waals surface area contributed by atoms with Crippen LogP contribution in [0.15, 0.2) is 41.3 Å². The van der Waals surface area contributed by atoms with E-state index in [4.69, 9.17) is 9.47 Å². The van der Waals surface area contributed by atoms with E-state index < -0.39 is 21.8 Å². The first kappa shape index (κ1) is 23.8. The first-order chi connectivity index (χ1) is 16.8. The van der Waals surface area contributed by atoms with Crippen molar-refractivity contribution in [1.29, 1.82) is 0 Å². The molecular weight excluding hydrogens is 475 g/mol. The van der Waals surface area contributed by atoms with E-state index in [1.54, 1.807) is 24.3 Å². The number of halogens is 1. The highest BCUT2D eigenvalue weighted by Gasteiger charge is 2.45. The first-order valence-corrected chi connectivity index (χ1v) is 13.0. The van der Waals surface area contributed by atoms with Crippen LogP contribution in [0.5, 0.6) is 5.75 Å². The van der Waals surface area contributed by atoms with E-state index in [0.29, 0.717) is 43.7 Å². The summed E-state index contributed by atoms with van der Waals surface area (Å²) in [4.78, 5) is 14.5. The van der Waals surface area contributed by atoms with Crippen LogP contribution in [0.4, 0.5) is 10.1 Å². The maximum atomic E-state index is 14.0. The molecule has 2 heterocycles. The van der Waals surface area contributed by atoms with Gasteiger partial charge in [0.05, 0.1) is 30.4 Å². The molecular formula is C25H27FN2O6S. The fourth-order valence-corrected chi connectivity index (χ4v) is 6.09. The van der Waals surface area contributed by atoms with Crippen LogP contribution in [0.3, 0.4) is 0 Å². The molecule has 0 bridgehead atoms. The number of nitrogens with zero attached hydrogens (tertiary/aromatic N) is 1. The van der Waals surface area contributed by atoms with Crippen LogP contribution in [0.1, 0.15) is 40.2 Å². The second-order valence-corrected chi connectivity index (χ2v) is 10.9. The quantitative estimate of drug-likeness (QED) is 0.561. The number of rotatable bonds is 7. The number of ether oxygens (including phenoxy) is 2. The number of sulfonamides is 1. The highest BCUT2D eigenvalue weighted by atomic mass is 32.2. The van der Waals surface area contributed by atoms with Crippen molar-refractivity contribution < 1.29 is 32.2 Å². The fraction of sp³-hybridized carbons (Fsp3) is 0.400. The summed E-state index contributed by atoms with van der Waals surface area (Å²) in [7, 11) is -2.97. The van der Waals surface area contributed by atoms with E-state index in [1.807, 2.05) is 4.90 Å². The summed E-state index contributed by atoms with van der Waals surface area (Å²) < 4.78 is 54.0. The van der Waals surface area contributed by atoms with E-state index in [1.165, 1.54) is 13.2 Å². The molecule has 2 aromatic carbocycles. The smallest absolute Gasteiger partial charge is 0.343 e. The summed E-state index contributed by atoms with van der Waals surface area (Å²) in [5.74, 6) is -0.198. The average Bonchev–Trinajstić information content (AvgIpc) is 3.51. The number of benzene rings is 2. The standard InChI is InChI=1S/C25H27FN2O6S/c1-33-25(30)23-21(6-5-19-20-12-16(20)14-34-24(19)23)27-35(31,32)22-7-4-17(26)11-15(22)3-2-9-28-10-8-18(29)13-28/h2-7,11,16,18,20,27,29H,8-10,12-14H2,1H3/b3-2-/t16?,18-,20?/m0/s1. The van der Waals surface area contributed by atoms with Crippen LogP contribution < -0.4 is 9.46 Å². The van der Waals surface area contributed by atoms with Gasteiger partial charge in [0, 0.05) is 25.6 Å². The number of hydrogen-bond donors (Lipinski definition) is 2. The molecule has 0 aromatic heterocycles. The number of fused-ring (bicyclic) bond motifs is 3. The Morgan fingerprint density at radius 1 is 1.34 bits per heavy atom. The summed E-state index contributed by atoms with van der Waals surface area (Å²) in [6.07, 6.45) is 4.58. The number of anilines is 1. The minimum absolute atomic E-state index is 0.0331. The van der Waals surface area contributed by atoms with Gasteiger partial charge in [-0.25, -0.2) is 17.6 Å². The Hall–Kier alpha value is -2.95. The number of aliphatic hydroxyl groups is 1. The molecule has 2 aliphatic heterocycles. The Balaban J connectivity index is 1.45. The second kappa shape index (κ2) is 9.25. The van der Waals surface area contributed by atoms with Crippen molar-refractivity contribution in [3.8, 4) is 5.75 Å². The zero-order valence-corrected chi connectivity index (χ0v) is 20.1. The third-order valence-electron chi connectivity index (χ3n) is 6.76. The first-order valence-electron chi connectivity index (χ1n) is 11.5. The van der Waals surface area contributed by atoms with Crippen molar-refractivity contribution in [3.63, 3.8) is 0 Å². The van der Waals surface area contributed by atoms with E-state index in [-0.39, 0.29) is 27.8 Å². The number of likely N-dealkylation sites (tertiary alicyclic amines) is 1. The van der Waals surface area contributed by atoms with Crippen LogP contribution in [0.2, 0.25) is 0 Å². The largest absolute Gasteiger partial charge is 0.492 e. The van der Waals surface area contributed by atoms with Crippen molar-refractivity contribution in [2.24, 2.45) is 5.92 Å². The molecule has 1 saturated heterocycles. The van der Waals surface area contributed by atoms with Crippen LogP contribution in [-0.4, -0.2) is 63.8 Å². The van der Waals surface area contributed by atoms with Gasteiger partial charge in [-0.05, 0) is 54.2 Å². The van der Waals surface area contributed by atoms with Crippen molar-refractivity contribution in [3.05, 3.63) is 58.9 Å². The van der Waals surface area contributed by atoms with Gasteiger partial charge in [0.25, 0.3) is 10.0 Å². The lowest BCUT2D eigenvalue weighted by Crippen LogP contribution is -2.22. The molecule has 0 radical (unpaired) electrons. The lowest BCUT2D eigenvalue weighted by molar-refractivity contribution is 0.0596. The Bertz CT molecular complexity index is 1300. The Labute approximate surface area is 203 Å². The molecule has 2 unspecified atom stereocenters. The number of esters is 1. The van der Waals surface area contributed by atoms with E-state index in [9.17, 15) is 22.7 Å². The van der Waals surface area contributed by atoms with Crippen LogP contribution in [0.25, 0.3) is 6.08 Å². The third kappa shape index (κ3) is 4.78. The molecule has 2 fully saturated rings. The zero-order chi connectivity index (χ0) is 24.7. The van der Waals surface area contributed by atoms with Gasteiger partial charge in [0.1, 0.15) is 17.1 Å². The minimum Gasteiger partial charge on any atom is -0.492 e. The van der Waals surface area contributed by atoms with Gasteiger partial charge < -0.3 is 14.6 Å². The maximum Gasteiger partial charge on any atom is 0.343 e. The van der Waals surface area contributed by atoms with Gasteiger partial charge in [0.15, 0.2) is 0 Å². The predicted octanol–water partition coefficient (Wildman–Crippen LogP) is 2.99. The lowest BCUT2D eigenvalue weighted by Gasteiger charge is -2.22. The van der Waals surface area contributed by atoms with Gasteiger partial charge in [0.2, 0.25) is 0 Å². The average molecular weight is 503 g/mol. The summed E-state index contributed by atoms with van der Waals surface area (Å²) in [6.45, 7) is 2.24. The molecule has 3 aliphatic rings. The van der Waals surface area contributed by atoms with E-state index in [2.05, 4.69) is 4.72 Å². The van der Waals surface area contributed by atoms with E-state index >= 15 is 0 Å². The molecule has 2 aromatic rings. The molecule has 0 spiro atoms. The third-order valence-corrected chi connectivity index (χ3v) is 8.20. The lowest BCUT2D eigenvalue weighted by atomic mass is 10.0. The summed E-state index contributed by atoms with van der Waals surface area (Å²) in [6, 6.07) is 6.74. The van der Waals surface area contributed by atoms with Crippen molar-refractivity contribution in [2.45, 2.75) is 29.8 Å². The fourth-order valence-electron chi connectivity index (χ4n) is 4.84. The van der Waals surface area contributed by atoms with Crippen LogP contribution in [0, 0.1) is 11.7 Å². The summed E-state index contributed by atoms with van der Waals surface area (Å²) in [5.41, 5.74) is 1.12. The molecule has 35 heavy (non-hydrogen) atoms. The molecule has 0 amide bonds. The number of aliphatic hydroxyl groups excluding tert-OH is 1. The Morgan fingerprint density at radius 3 is 2.91 bits per heavy atom. The zero-order valence-electron chi connectivity index (χ0n) is 19.2. The Morgan fingerprint density at radius 2 is 2.17 bits per heavy atom. The SMILES string of the molecule is COC(=O)c1c(NS(=O)(=O)c2ccc(F)cc2/C=C\CN2CC[C@H](O)C2)ccc2c1OCC1CC21. The predicted molar refractivity (Wildman–Crippen MR) is 127 cm³/mol. The topological polar surface area (TPSA) is 105 Å². The van der Waals surface area contributed by atoms with Gasteiger partial charge in [-0.3, -0.25) is 9.62 Å². The maximum absolute atomic E-state index is 14.0. The molecule has 8 nitrogen and oxygen atoms in total. The second-order valence-electron chi connectivity index (χ2n) is 9.20. The van der Waals surface area contributed by atoms with Crippen molar-refractivity contribution >= 4 is 27.8 Å². The van der Waals surface area contributed by atoms with E-state index in [0.717, 1.165) is 30.7 Å². The Kier molecular flexibility index (Phi) is 6.29. The van der Waals surface area contributed by atoms with Crippen molar-refractivity contribution in [2.75, 3.05) is 38.1 Å². The monoisotopic (exact) mass is 502 g/mol. The molecule has 1 aliphatic carbocycles. The summed E-state index contributed by atoms with van der Waals surface area (Å²) in [5, 5.41) is 9.67. The van der Waals surface area contributed by atoms with Crippen molar-refractivity contribution in [1.82, 2.24) is 4.90 Å². The van der Waals surface area contributed by atoms with Crippen LogP contribution in [-0.2, 0) is 14.8 Å². The minimum atomic E-state index is -4.20. The van der Waals surface area contributed by atoms with Gasteiger partial charge >= 0.3 is 5.97 Å². The number of carbonyl (C=O) groups excluding carboxylic acids is 1. The number of methoxy groups -OCH3 is 1. The summed E-state index contributed by atoms with van der Waals surface area (Å²) >= 11 is 0. The molecule has 10 heteroatoms. The number of β-amino-alcohol motifs (C(OH)–C–C–N with tert-alkyl or cyclic N) is 1. The highest BCUT2D eigenvalue weighted by molar-refractivity contribution is 7.92. The molecule has 2 N–H and O–H groups in total. The molecule has 1 saturated carbocycles.